The van der Waals surface area contributed by atoms with E-state index in [0.717, 1.165) is 5.56 Å². The zero-order valence-corrected chi connectivity index (χ0v) is 15.3. The number of amides is 3. The monoisotopic (exact) mass is 348 g/mol. The Bertz CT molecular complexity index is 597. The SMILES string of the molecule is CC(C)NC(=O)Cc1ccc(NC(=O)CNC(=O)[C@@H](N)C(C)C)cc1. The number of nitrogens with two attached hydrogens (primary N) is 1. The van der Waals surface area contributed by atoms with E-state index in [1.165, 1.54) is 0 Å². The normalized spacial score (nSPS) is 12.0. The number of benzene rings is 1. The van der Waals surface area contributed by atoms with Crippen molar-refractivity contribution in [1.29, 1.82) is 0 Å². The topological polar surface area (TPSA) is 113 Å². The highest BCUT2D eigenvalue weighted by Crippen LogP contribution is 2.10. The van der Waals surface area contributed by atoms with Gasteiger partial charge in [0.1, 0.15) is 0 Å². The Morgan fingerprint density at radius 3 is 2.12 bits per heavy atom. The molecule has 0 saturated heterocycles. The summed E-state index contributed by atoms with van der Waals surface area (Å²) < 4.78 is 0. The number of hydrogen-bond acceptors (Lipinski definition) is 4. The van der Waals surface area contributed by atoms with Gasteiger partial charge in [0.05, 0.1) is 19.0 Å². The molecule has 0 fully saturated rings. The van der Waals surface area contributed by atoms with Crippen molar-refractivity contribution in [2.75, 3.05) is 11.9 Å². The summed E-state index contributed by atoms with van der Waals surface area (Å²) >= 11 is 0. The Morgan fingerprint density at radius 1 is 1.00 bits per heavy atom. The Hall–Kier alpha value is -2.41. The third kappa shape index (κ3) is 7.80. The summed E-state index contributed by atoms with van der Waals surface area (Å²) in [5.74, 6) is -0.731. The van der Waals surface area contributed by atoms with Crippen molar-refractivity contribution < 1.29 is 14.4 Å². The van der Waals surface area contributed by atoms with E-state index in [4.69, 9.17) is 5.73 Å². The van der Waals surface area contributed by atoms with Crippen LogP contribution in [-0.2, 0) is 20.8 Å². The van der Waals surface area contributed by atoms with Crippen LogP contribution in [0, 0.1) is 5.92 Å². The number of carbonyl (C=O) groups excluding carboxylic acids is 3. The van der Waals surface area contributed by atoms with Crippen LogP contribution in [0.2, 0.25) is 0 Å². The average molecular weight is 348 g/mol. The van der Waals surface area contributed by atoms with Gasteiger partial charge in [-0.05, 0) is 37.5 Å². The highest BCUT2D eigenvalue weighted by Gasteiger charge is 2.17. The van der Waals surface area contributed by atoms with E-state index in [1.54, 1.807) is 24.3 Å². The Kier molecular flexibility index (Phi) is 8.07. The van der Waals surface area contributed by atoms with Gasteiger partial charge in [-0.1, -0.05) is 26.0 Å². The van der Waals surface area contributed by atoms with Crippen molar-refractivity contribution in [3.8, 4) is 0 Å². The van der Waals surface area contributed by atoms with Crippen LogP contribution in [0.5, 0.6) is 0 Å². The number of carbonyl (C=O) groups is 3. The number of rotatable bonds is 8. The molecular weight excluding hydrogens is 320 g/mol. The van der Waals surface area contributed by atoms with Crippen molar-refractivity contribution in [3.63, 3.8) is 0 Å². The predicted octanol–water partition coefficient (Wildman–Crippen LogP) is 0.792. The van der Waals surface area contributed by atoms with Crippen molar-refractivity contribution in [3.05, 3.63) is 29.8 Å². The lowest BCUT2D eigenvalue weighted by Crippen LogP contribution is -2.46. The van der Waals surface area contributed by atoms with Crippen molar-refractivity contribution in [1.82, 2.24) is 10.6 Å². The van der Waals surface area contributed by atoms with E-state index in [9.17, 15) is 14.4 Å². The second-order valence-electron chi connectivity index (χ2n) is 6.63. The number of hydrogen-bond donors (Lipinski definition) is 4. The molecule has 0 aliphatic carbocycles. The molecule has 0 unspecified atom stereocenters. The van der Waals surface area contributed by atoms with Gasteiger partial charge in [0.25, 0.3) is 0 Å². The number of anilines is 1. The summed E-state index contributed by atoms with van der Waals surface area (Å²) in [5.41, 5.74) is 7.16. The molecule has 0 aromatic heterocycles. The van der Waals surface area contributed by atoms with Crippen molar-refractivity contribution >= 4 is 23.4 Å². The van der Waals surface area contributed by atoms with Gasteiger partial charge in [0, 0.05) is 11.7 Å². The molecule has 0 radical (unpaired) electrons. The van der Waals surface area contributed by atoms with Crippen LogP contribution in [0.4, 0.5) is 5.69 Å². The van der Waals surface area contributed by atoms with E-state index in [-0.39, 0.29) is 42.6 Å². The van der Waals surface area contributed by atoms with Crippen LogP contribution in [-0.4, -0.2) is 36.3 Å². The molecule has 0 spiro atoms. The second kappa shape index (κ2) is 9.78. The summed E-state index contributed by atoms with van der Waals surface area (Å²) in [6.07, 6.45) is 0.287. The molecule has 7 heteroatoms. The van der Waals surface area contributed by atoms with Crippen LogP contribution in [0.1, 0.15) is 33.3 Å². The molecule has 0 aliphatic heterocycles. The fourth-order valence-electron chi connectivity index (χ4n) is 2.06. The maximum atomic E-state index is 11.9. The molecule has 25 heavy (non-hydrogen) atoms. The third-order valence-electron chi connectivity index (χ3n) is 3.50. The molecule has 1 atom stereocenters. The van der Waals surface area contributed by atoms with Gasteiger partial charge in [0.15, 0.2) is 0 Å². The lowest BCUT2D eigenvalue weighted by Gasteiger charge is -2.15. The van der Waals surface area contributed by atoms with Crippen LogP contribution < -0.4 is 21.7 Å². The molecule has 0 aliphatic rings. The minimum absolute atomic E-state index is 0.00324. The smallest absolute Gasteiger partial charge is 0.243 e. The first kappa shape index (κ1) is 20.6. The van der Waals surface area contributed by atoms with E-state index in [0.29, 0.717) is 5.69 Å². The average Bonchev–Trinajstić information content (AvgIpc) is 2.52. The van der Waals surface area contributed by atoms with Crippen LogP contribution in [0.3, 0.4) is 0 Å². The molecule has 1 aromatic carbocycles. The van der Waals surface area contributed by atoms with Gasteiger partial charge in [0.2, 0.25) is 17.7 Å². The molecule has 7 nitrogen and oxygen atoms in total. The first-order valence-electron chi connectivity index (χ1n) is 8.40. The van der Waals surface area contributed by atoms with Gasteiger partial charge in [-0.2, -0.15) is 0 Å². The standard InChI is InChI=1S/C18H28N4O3/c1-11(2)17(19)18(25)20-10-16(24)22-14-7-5-13(6-8-14)9-15(23)21-12(3)4/h5-8,11-12,17H,9-10,19H2,1-4H3,(H,20,25)(H,21,23)(H,22,24)/t17-/m0/s1. The lowest BCUT2D eigenvalue weighted by atomic mass is 10.1. The zero-order valence-electron chi connectivity index (χ0n) is 15.3. The number of nitrogens with one attached hydrogen (secondary N) is 3. The van der Waals surface area contributed by atoms with E-state index < -0.39 is 6.04 Å². The summed E-state index contributed by atoms with van der Waals surface area (Å²) in [4.78, 5) is 35.3. The fraction of sp³-hybridized carbons (Fsp3) is 0.500. The first-order valence-corrected chi connectivity index (χ1v) is 8.40. The molecule has 3 amide bonds. The van der Waals surface area contributed by atoms with Crippen LogP contribution in [0.25, 0.3) is 0 Å². The molecule has 1 rings (SSSR count). The van der Waals surface area contributed by atoms with Crippen molar-refractivity contribution in [2.45, 2.75) is 46.2 Å². The van der Waals surface area contributed by atoms with Crippen LogP contribution >= 0.6 is 0 Å². The maximum Gasteiger partial charge on any atom is 0.243 e. The largest absolute Gasteiger partial charge is 0.354 e. The van der Waals surface area contributed by atoms with Gasteiger partial charge in [-0.3, -0.25) is 14.4 Å². The van der Waals surface area contributed by atoms with Gasteiger partial charge < -0.3 is 21.7 Å². The van der Waals surface area contributed by atoms with Gasteiger partial charge in [-0.15, -0.1) is 0 Å². The Labute approximate surface area is 148 Å². The van der Waals surface area contributed by atoms with E-state index in [1.807, 2.05) is 27.7 Å². The molecule has 0 heterocycles. The molecular formula is C18H28N4O3. The van der Waals surface area contributed by atoms with Crippen LogP contribution in [0.15, 0.2) is 24.3 Å². The summed E-state index contributed by atoms with van der Waals surface area (Å²) in [6, 6.07) is 6.47. The molecule has 0 saturated carbocycles. The van der Waals surface area contributed by atoms with E-state index in [2.05, 4.69) is 16.0 Å². The first-order chi connectivity index (χ1) is 11.7. The maximum absolute atomic E-state index is 11.9. The Morgan fingerprint density at radius 2 is 1.60 bits per heavy atom. The third-order valence-corrected chi connectivity index (χ3v) is 3.50. The highest BCUT2D eigenvalue weighted by atomic mass is 16.2. The minimum Gasteiger partial charge on any atom is -0.354 e. The minimum atomic E-state index is -0.635. The molecule has 5 N–H and O–H groups in total. The molecule has 1 aromatic rings. The zero-order chi connectivity index (χ0) is 19.0. The van der Waals surface area contributed by atoms with Gasteiger partial charge in [-0.25, -0.2) is 0 Å². The summed E-state index contributed by atoms with van der Waals surface area (Å²) in [5, 5.41) is 8.02. The molecule has 0 bridgehead atoms. The summed E-state index contributed by atoms with van der Waals surface area (Å²) in [6.45, 7) is 7.35. The second-order valence-corrected chi connectivity index (χ2v) is 6.63. The van der Waals surface area contributed by atoms with Gasteiger partial charge >= 0.3 is 0 Å². The van der Waals surface area contributed by atoms with E-state index >= 15 is 0 Å². The molecule has 138 valence electrons. The lowest BCUT2D eigenvalue weighted by molar-refractivity contribution is -0.125. The quantitative estimate of drug-likeness (QED) is 0.556. The van der Waals surface area contributed by atoms with Crippen molar-refractivity contribution in [2.24, 2.45) is 11.7 Å². The predicted molar refractivity (Wildman–Crippen MR) is 97.9 cm³/mol. The fourth-order valence-corrected chi connectivity index (χ4v) is 2.06. The highest BCUT2D eigenvalue weighted by molar-refractivity contribution is 5.95. The summed E-state index contributed by atoms with van der Waals surface area (Å²) in [7, 11) is 0. The Balaban J connectivity index is 2.45.